The van der Waals surface area contributed by atoms with Gasteiger partial charge in [0.1, 0.15) is 0 Å². The second kappa shape index (κ2) is 7.13. The SMILES string of the molecule is Br.C=CC1C=CC=CN1CC.N. The van der Waals surface area contributed by atoms with E-state index in [0.717, 1.165) is 6.54 Å². The molecule has 0 amide bonds. The molecule has 1 heterocycles. The lowest BCUT2D eigenvalue weighted by Crippen LogP contribution is -2.28. The highest BCUT2D eigenvalue weighted by Crippen LogP contribution is 2.07. The molecule has 0 aromatic rings. The minimum Gasteiger partial charge on any atom is -0.368 e. The fourth-order valence-electron chi connectivity index (χ4n) is 1.08. The van der Waals surface area contributed by atoms with E-state index in [1.165, 1.54) is 0 Å². The highest BCUT2D eigenvalue weighted by atomic mass is 79.9. The molecule has 1 unspecified atom stereocenters. The average Bonchev–Trinajstić information content (AvgIpc) is 2.04. The minimum absolute atomic E-state index is 0. The van der Waals surface area contributed by atoms with Crippen molar-refractivity contribution in [3.63, 3.8) is 0 Å². The highest BCUT2D eigenvalue weighted by Gasteiger charge is 2.06. The van der Waals surface area contributed by atoms with Crippen molar-refractivity contribution in [1.29, 1.82) is 0 Å². The minimum atomic E-state index is 0. The Kier molecular flexibility index (Phi) is 8.32. The molecule has 70 valence electrons. The Morgan fingerprint density at radius 1 is 1.50 bits per heavy atom. The zero-order valence-corrected chi connectivity index (χ0v) is 9.15. The zero-order valence-electron chi connectivity index (χ0n) is 7.44. The van der Waals surface area contributed by atoms with Crippen LogP contribution in [0.4, 0.5) is 0 Å². The van der Waals surface area contributed by atoms with Gasteiger partial charge in [-0.25, -0.2) is 0 Å². The molecule has 0 aromatic heterocycles. The molecule has 0 aromatic carbocycles. The Hall–Kier alpha value is -0.540. The summed E-state index contributed by atoms with van der Waals surface area (Å²) in [5.41, 5.74) is 0. The lowest BCUT2D eigenvalue weighted by Gasteiger charge is -2.26. The molecule has 1 aliphatic heterocycles. The summed E-state index contributed by atoms with van der Waals surface area (Å²) in [6.07, 6.45) is 10.3. The third-order valence-electron chi connectivity index (χ3n) is 1.69. The topological polar surface area (TPSA) is 38.2 Å². The molecule has 3 heteroatoms. The van der Waals surface area contributed by atoms with Crippen molar-refractivity contribution in [1.82, 2.24) is 11.1 Å². The number of nitrogens with zero attached hydrogens (tertiary/aromatic N) is 1. The average molecular weight is 233 g/mol. The summed E-state index contributed by atoms with van der Waals surface area (Å²) in [7, 11) is 0. The van der Waals surface area contributed by atoms with Crippen molar-refractivity contribution in [2.45, 2.75) is 13.0 Å². The molecule has 0 radical (unpaired) electrons. The van der Waals surface area contributed by atoms with Gasteiger partial charge in [-0.05, 0) is 19.2 Å². The summed E-state index contributed by atoms with van der Waals surface area (Å²) in [5, 5.41) is 0. The third kappa shape index (κ3) is 3.24. The van der Waals surface area contributed by atoms with E-state index in [0.29, 0.717) is 6.04 Å². The van der Waals surface area contributed by atoms with Gasteiger partial charge in [0.2, 0.25) is 0 Å². The van der Waals surface area contributed by atoms with Crippen molar-refractivity contribution in [2.75, 3.05) is 6.54 Å². The van der Waals surface area contributed by atoms with E-state index in [2.05, 4.69) is 36.8 Å². The predicted octanol–water partition coefficient (Wildman–Crippen LogP) is 2.69. The molecule has 1 aliphatic rings. The molecule has 3 N–H and O–H groups in total. The first-order chi connectivity index (χ1) is 4.88. The number of rotatable bonds is 2. The van der Waals surface area contributed by atoms with Crippen LogP contribution >= 0.6 is 17.0 Å². The monoisotopic (exact) mass is 232 g/mol. The second-order valence-corrected chi connectivity index (χ2v) is 2.28. The molecule has 1 rings (SSSR count). The van der Waals surface area contributed by atoms with Crippen LogP contribution in [0, 0.1) is 0 Å². The first-order valence-corrected chi connectivity index (χ1v) is 3.61. The summed E-state index contributed by atoms with van der Waals surface area (Å²) in [4.78, 5) is 2.23. The van der Waals surface area contributed by atoms with Gasteiger partial charge in [0, 0.05) is 6.54 Å². The number of halogens is 1. The van der Waals surface area contributed by atoms with Gasteiger partial charge in [0.05, 0.1) is 6.04 Å². The van der Waals surface area contributed by atoms with E-state index < -0.39 is 0 Å². The molecule has 0 aliphatic carbocycles. The van der Waals surface area contributed by atoms with Crippen LogP contribution in [0.5, 0.6) is 0 Å². The highest BCUT2D eigenvalue weighted by molar-refractivity contribution is 8.93. The smallest absolute Gasteiger partial charge is 0.0652 e. The molecule has 0 saturated heterocycles. The van der Waals surface area contributed by atoms with Gasteiger partial charge in [-0.3, -0.25) is 0 Å². The van der Waals surface area contributed by atoms with Gasteiger partial charge in [0.15, 0.2) is 0 Å². The third-order valence-corrected chi connectivity index (χ3v) is 1.69. The van der Waals surface area contributed by atoms with Gasteiger partial charge >= 0.3 is 0 Å². The number of hydrogen-bond donors (Lipinski definition) is 1. The maximum Gasteiger partial charge on any atom is 0.0652 e. The molecule has 12 heavy (non-hydrogen) atoms. The molecule has 0 saturated carbocycles. The second-order valence-electron chi connectivity index (χ2n) is 2.28. The Balaban J connectivity index is 0. The normalized spacial score (nSPS) is 19.4. The molecule has 1 atom stereocenters. The molecule has 0 fully saturated rings. The van der Waals surface area contributed by atoms with Crippen LogP contribution in [0.15, 0.2) is 37.1 Å². The van der Waals surface area contributed by atoms with E-state index in [4.69, 9.17) is 0 Å². The van der Waals surface area contributed by atoms with E-state index in [1.54, 1.807) is 0 Å². The van der Waals surface area contributed by atoms with Crippen LogP contribution in [-0.4, -0.2) is 17.5 Å². The maximum atomic E-state index is 3.76. The van der Waals surface area contributed by atoms with Gasteiger partial charge in [-0.1, -0.05) is 18.2 Å². The van der Waals surface area contributed by atoms with E-state index in [9.17, 15) is 0 Å². The van der Waals surface area contributed by atoms with E-state index in [1.807, 2.05) is 12.2 Å². The Labute approximate surface area is 85.0 Å². The molecule has 0 bridgehead atoms. The van der Waals surface area contributed by atoms with Crippen molar-refractivity contribution in [2.24, 2.45) is 0 Å². The quantitative estimate of drug-likeness (QED) is 0.744. The summed E-state index contributed by atoms with van der Waals surface area (Å²) < 4.78 is 0. The standard InChI is InChI=1S/C9H13N.BrH.H3N/c1-3-9-7-5-6-8-10(9)4-2;;/h3,5-9H,1,4H2,2H3;1H;1H3. The first kappa shape index (κ1) is 14.0. The van der Waals surface area contributed by atoms with Crippen molar-refractivity contribution >= 4 is 17.0 Å². The maximum absolute atomic E-state index is 3.76. The summed E-state index contributed by atoms with van der Waals surface area (Å²) >= 11 is 0. The lowest BCUT2D eigenvalue weighted by atomic mass is 10.2. The van der Waals surface area contributed by atoms with E-state index >= 15 is 0 Å². The van der Waals surface area contributed by atoms with Crippen LogP contribution in [0.3, 0.4) is 0 Å². The van der Waals surface area contributed by atoms with Gasteiger partial charge in [0.25, 0.3) is 0 Å². The summed E-state index contributed by atoms with van der Waals surface area (Å²) in [6.45, 7) is 6.93. The fraction of sp³-hybridized carbons (Fsp3) is 0.333. The van der Waals surface area contributed by atoms with Crippen LogP contribution in [0.2, 0.25) is 0 Å². The Morgan fingerprint density at radius 3 is 2.58 bits per heavy atom. The van der Waals surface area contributed by atoms with Crippen molar-refractivity contribution < 1.29 is 0 Å². The molecule has 0 spiro atoms. The van der Waals surface area contributed by atoms with Crippen LogP contribution < -0.4 is 6.15 Å². The van der Waals surface area contributed by atoms with Crippen molar-refractivity contribution in [3.8, 4) is 0 Å². The van der Waals surface area contributed by atoms with Gasteiger partial charge in [-0.2, -0.15) is 0 Å². The van der Waals surface area contributed by atoms with Crippen LogP contribution in [-0.2, 0) is 0 Å². The molecule has 2 nitrogen and oxygen atoms in total. The van der Waals surface area contributed by atoms with Crippen LogP contribution in [0.25, 0.3) is 0 Å². The van der Waals surface area contributed by atoms with E-state index in [-0.39, 0.29) is 23.1 Å². The number of likely N-dealkylation sites (N-methyl/N-ethyl adjacent to an activating group) is 1. The Morgan fingerprint density at radius 2 is 2.17 bits per heavy atom. The number of hydrogen-bond acceptors (Lipinski definition) is 2. The predicted molar refractivity (Wildman–Crippen MR) is 60.0 cm³/mol. The number of allylic oxidation sites excluding steroid dienone is 2. The molecular formula is C9H17BrN2. The lowest BCUT2D eigenvalue weighted by molar-refractivity contribution is 0.376. The Bertz CT molecular complexity index is 175. The van der Waals surface area contributed by atoms with Crippen LogP contribution in [0.1, 0.15) is 6.92 Å². The first-order valence-electron chi connectivity index (χ1n) is 3.61. The van der Waals surface area contributed by atoms with Crippen molar-refractivity contribution in [3.05, 3.63) is 37.1 Å². The molecular weight excluding hydrogens is 216 g/mol. The zero-order chi connectivity index (χ0) is 7.40. The largest absolute Gasteiger partial charge is 0.368 e. The summed E-state index contributed by atoms with van der Waals surface area (Å²) in [6, 6.07) is 0.398. The van der Waals surface area contributed by atoms with Gasteiger partial charge in [-0.15, -0.1) is 23.6 Å². The fourth-order valence-corrected chi connectivity index (χ4v) is 1.08. The van der Waals surface area contributed by atoms with Gasteiger partial charge < -0.3 is 11.1 Å². The summed E-state index contributed by atoms with van der Waals surface area (Å²) in [5.74, 6) is 0.